The second-order valence-corrected chi connectivity index (χ2v) is 9.72. The highest BCUT2D eigenvalue weighted by molar-refractivity contribution is 6.30. The van der Waals surface area contributed by atoms with Gasteiger partial charge in [0.25, 0.3) is 0 Å². The molecule has 2 heterocycles. The number of hydrogen-bond acceptors (Lipinski definition) is 6. The molecule has 3 aromatic carbocycles. The average molecular weight is 527 g/mol. The predicted octanol–water partition coefficient (Wildman–Crippen LogP) is 6.23. The number of benzene rings is 3. The molecule has 9 heteroatoms. The number of rotatable bonds is 7. The van der Waals surface area contributed by atoms with E-state index in [1.807, 2.05) is 68.4 Å². The number of anilines is 6. The Morgan fingerprint density at radius 1 is 0.868 bits per heavy atom. The molecule has 0 bridgehead atoms. The van der Waals surface area contributed by atoms with E-state index in [4.69, 9.17) is 11.6 Å². The summed E-state index contributed by atoms with van der Waals surface area (Å²) >= 11 is 5.95. The summed E-state index contributed by atoms with van der Waals surface area (Å²) in [6, 6.07) is 24.3. The van der Waals surface area contributed by atoms with Crippen LogP contribution in [-0.2, 0) is 9.59 Å². The number of carbonyl (C=O) groups is 2. The maximum Gasteiger partial charge on any atom is 0.229 e. The lowest BCUT2D eigenvalue weighted by molar-refractivity contribution is -0.122. The lowest BCUT2D eigenvalue weighted by Crippen LogP contribution is -2.28. The minimum absolute atomic E-state index is 0.0802. The molecule has 1 saturated heterocycles. The molecule has 8 nitrogen and oxygen atoms in total. The van der Waals surface area contributed by atoms with Crippen molar-refractivity contribution in [3.05, 3.63) is 95.1 Å². The van der Waals surface area contributed by atoms with E-state index < -0.39 is 5.92 Å². The van der Waals surface area contributed by atoms with Crippen molar-refractivity contribution >= 4 is 57.9 Å². The summed E-state index contributed by atoms with van der Waals surface area (Å²) in [6.45, 7) is 4.28. The standard InChI is InChI=1S/C29H27ClN6O2/c1-18-3-7-24(8-4-18)34-29-31-19(2)15-26(35-29)32-22-9-11-23(12-10-22)33-28(38)20-16-27(37)36(17-20)25-13-5-21(30)6-14-25/h3-15,20H,16-17H2,1-2H3,(H,33,38)(H2,31,32,34,35). The molecule has 38 heavy (non-hydrogen) atoms. The fraction of sp³-hybridized carbons (Fsp3) is 0.172. The quantitative estimate of drug-likeness (QED) is 0.264. The van der Waals surface area contributed by atoms with Crippen LogP contribution < -0.4 is 20.9 Å². The molecular weight excluding hydrogens is 500 g/mol. The molecule has 0 aliphatic carbocycles. The Balaban J connectivity index is 1.20. The molecule has 3 N–H and O–H groups in total. The normalized spacial score (nSPS) is 14.9. The third kappa shape index (κ3) is 6.10. The van der Waals surface area contributed by atoms with Gasteiger partial charge in [0.1, 0.15) is 5.82 Å². The van der Waals surface area contributed by atoms with Crippen molar-refractivity contribution in [1.82, 2.24) is 9.97 Å². The molecule has 0 spiro atoms. The zero-order valence-electron chi connectivity index (χ0n) is 21.0. The van der Waals surface area contributed by atoms with Crippen molar-refractivity contribution in [3.63, 3.8) is 0 Å². The molecule has 4 aromatic rings. The summed E-state index contributed by atoms with van der Waals surface area (Å²) in [6.07, 6.45) is 0.167. The average Bonchev–Trinajstić information content (AvgIpc) is 3.28. The van der Waals surface area contributed by atoms with E-state index in [2.05, 4.69) is 25.9 Å². The minimum atomic E-state index is -0.431. The van der Waals surface area contributed by atoms with Crippen molar-refractivity contribution in [2.45, 2.75) is 20.3 Å². The van der Waals surface area contributed by atoms with Crippen LogP contribution in [0.3, 0.4) is 0 Å². The molecule has 1 fully saturated rings. The number of nitrogens with one attached hydrogen (secondary N) is 3. The highest BCUT2D eigenvalue weighted by Gasteiger charge is 2.35. The largest absolute Gasteiger partial charge is 0.340 e. The van der Waals surface area contributed by atoms with E-state index in [-0.39, 0.29) is 18.2 Å². The molecule has 1 aliphatic heterocycles. The second-order valence-electron chi connectivity index (χ2n) is 9.28. The Kier molecular flexibility index (Phi) is 7.24. The van der Waals surface area contributed by atoms with E-state index in [0.29, 0.717) is 29.0 Å². The number of amides is 2. The highest BCUT2D eigenvalue weighted by Crippen LogP contribution is 2.28. The van der Waals surface area contributed by atoms with E-state index in [1.165, 1.54) is 5.56 Å². The van der Waals surface area contributed by atoms with E-state index in [9.17, 15) is 9.59 Å². The highest BCUT2D eigenvalue weighted by atomic mass is 35.5. The number of hydrogen-bond donors (Lipinski definition) is 3. The van der Waals surface area contributed by atoms with Crippen LogP contribution in [0.1, 0.15) is 17.7 Å². The third-order valence-corrected chi connectivity index (χ3v) is 6.47. The number of nitrogens with zero attached hydrogens (tertiary/aromatic N) is 3. The van der Waals surface area contributed by atoms with Gasteiger partial charge in [-0.25, -0.2) is 4.98 Å². The van der Waals surface area contributed by atoms with Gasteiger partial charge in [0.2, 0.25) is 17.8 Å². The van der Waals surface area contributed by atoms with Crippen LogP contribution in [0.4, 0.5) is 34.5 Å². The van der Waals surface area contributed by atoms with Gasteiger partial charge in [-0.1, -0.05) is 29.3 Å². The first-order valence-corrected chi connectivity index (χ1v) is 12.6. The van der Waals surface area contributed by atoms with Crippen LogP contribution in [0, 0.1) is 19.8 Å². The summed E-state index contributed by atoms with van der Waals surface area (Å²) in [4.78, 5) is 36.0. The Labute approximate surface area is 226 Å². The van der Waals surface area contributed by atoms with Crippen molar-refractivity contribution in [2.24, 2.45) is 5.92 Å². The van der Waals surface area contributed by atoms with Crippen LogP contribution in [-0.4, -0.2) is 28.3 Å². The van der Waals surface area contributed by atoms with E-state index in [1.54, 1.807) is 29.2 Å². The molecule has 0 saturated carbocycles. The van der Waals surface area contributed by atoms with Crippen LogP contribution >= 0.6 is 11.6 Å². The molecule has 1 unspecified atom stereocenters. The van der Waals surface area contributed by atoms with Crippen molar-refractivity contribution in [2.75, 3.05) is 27.4 Å². The second kappa shape index (κ2) is 10.9. The SMILES string of the molecule is Cc1ccc(Nc2nc(C)cc(Nc3ccc(NC(=O)C4CC(=O)N(c5ccc(Cl)cc5)C4)cc3)n2)cc1. The number of halogens is 1. The summed E-state index contributed by atoms with van der Waals surface area (Å²) < 4.78 is 0. The summed E-state index contributed by atoms with van der Waals surface area (Å²) in [5.41, 5.74) is 5.11. The van der Waals surface area contributed by atoms with E-state index >= 15 is 0 Å². The van der Waals surface area contributed by atoms with Crippen molar-refractivity contribution in [1.29, 1.82) is 0 Å². The third-order valence-electron chi connectivity index (χ3n) is 6.22. The molecule has 1 aliphatic rings. The number of aromatic nitrogens is 2. The molecular formula is C29H27ClN6O2. The molecule has 5 rings (SSSR count). The zero-order valence-corrected chi connectivity index (χ0v) is 21.8. The topological polar surface area (TPSA) is 99.2 Å². The van der Waals surface area contributed by atoms with Gasteiger partial charge in [-0.2, -0.15) is 4.98 Å². The maximum atomic E-state index is 12.9. The molecule has 192 valence electrons. The van der Waals surface area contributed by atoms with Crippen LogP contribution in [0.25, 0.3) is 0 Å². The van der Waals surface area contributed by atoms with Gasteiger partial charge in [-0.05, 0) is 74.5 Å². The summed E-state index contributed by atoms with van der Waals surface area (Å²) in [5, 5.41) is 10.0. The molecule has 2 amide bonds. The fourth-order valence-corrected chi connectivity index (χ4v) is 4.36. The lowest BCUT2D eigenvalue weighted by atomic mass is 10.1. The monoisotopic (exact) mass is 526 g/mol. The Morgan fingerprint density at radius 3 is 2.21 bits per heavy atom. The minimum Gasteiger partial charge on any atom is -0.340 e. The van der Waals surface area contributed by atoms with Gasteiger partial charge in [-0.3, -0.25) is 9.59 Å². The first-order chi connectivity index (χ1) is 18.3. The van der Waals surface area contributed by atoms with Crippen LogP contribution in [0.15, 0.2) is 78.9 Å². The van der Waals surface area contributed by atoms with Gasteiger partial charge in [0.15, 0.2) is 0 Å². The lowest BCUT2D eigenvalue weighted by Gasteiger charge is -2.17. The predicted molar refractivity (Wildman–Crippen MR) is 151 cm³/mol. The molecule has 1 atom stereocenters. The van der Waals surface area contributed by atoms with Gasteiger partial charge in [0.05, 0.1) is 5.92 Å². The van der Waals surface area contributed by atoms with Gasteiger partial charge < -0.3 is 20.9 Å². The fourth-order valence-electron chi connectivity index (χ4n) is 4.24. The summed E-state index contributed by atoms with van der Waals surface area (Å²) in [5.74, 6) is 0.450. The van der Waals surface area contributed by atoms with Crippen molar-refractivity contribution in [3.8, 4) is 0 Å². The Morgan fingerprint density at radius 2 is 1.50 bits per heavy atom. The first-order valence-electron chi connectivity index (χ1n) is 12.3. The van der Waals surface area contributed by atoms with Gasteiger partial charge in [0, 0.05) is 52.5 Å². The van der Waals surface area contributed by atoms with E-state index in [0.717, 1.165) is 22.8 Å². The molecule has 1 aromatic heterocycles. The van der Waals surface area contributed by atoms with Gasteiger partial charge in [-0.15, -0.1) is 0 Å². The Bertz CT molecular complexity index is 1460. The zero-order chi connectivity index (χ0) is 26.6. The van der Waals surface area contributed by atoms with Crippen molar-refractivity contribution < 1.29 is 9.59 Å². The number of aryl methyl sites for hydroxylation is 2. The maximum absolute atomic E-state index is 12.9. The first kappa shape index (κ1) is 25.2. The summed E-state index contributed by atoms with van der Waals surface area (Å²) in [7, 11) is 0. The smallest absolute Gasteiger partial charge is 0.229 e. The van der Waals surface area contributed by atoms with Crippen LogP contribution in [0.5, 0.6) is 0 Å². The Hall–Kier alpha value is -4.43. The van der Waals surface area contributed by atoms with Crippen LogP contribution in [0.2, 0.25) is 5.02 Å². The number of carbonyl (C=O) groups excluding carboxylic acids is 2. The van der Waals surface area contributed by atoms with Gasteiger partial charge >= 0.3 is 0 Å². The molecule has 0 radical (unpaired) electrons.